The van der Waals surface area contributed by atoms with Gasteiger partial charge in [0.2, 0.25) is 5.91 Å². The highest BCUT2D eigenvalue weighted by atomic mass is 16.5. The highest BCUT2D eigenvalue weighted by molar-refractivity contribution is 5.83. The van der Waals surface area contributed by atoms with Gasteiger partial charge in [-0.2, -0.15) is 0 Å². The van der Waals surface area contributed by atoms with Crippen LogP contribution in [-0.4, -0.2) is 58.1 Å². The minimum absolute atomic E-state index is 0.108. The number of carbonyl (C=O) groups is 1. The van der Waals surface area contributed by atoms with E-state index < -0.39 is 0 Å². The number of amides is 1. The average molecular weight is 579 g/mol. The normalized spacial score (nSPS) is 15.0. The summed E-state index contributed by atoms with van der Waals surface area (Å²) >= 11 is 0. The SMILES string of the molecule is COc1ccc(-c2c(CCc3ccccc3)nnn2C(Cc2c[nH]c3ccccc23)N2CCC(C(N)=O)CC2)c(OC)c1. The Labute approximate surface area is 251 Å². The van der Waals surface area contributed by atoms with Crippen molar-refractivity contribution in [3.05, 3.63) is 95.8 Å². The van der Waals surface area contributed by atoms with Gasteiger partial charge >= 0.3 is 0 Å². The third kappa shape index (κ3) is 5.99. The minimum Gasteiger partial charge on any atom is -0.497 e. The number of fused-ring (bicyclic) bond motifs is 1. The van der Waals surface area contributed by atoms with E-state index in [-0.39, 0.29) is 18.0 Å². The predicted octanol–water partition coefficient (Wildman–Crippen LogP) is 5.17. The number of hydrogen-bond donors (Lipinski definition) is 2. The van der Waals surface area contributed by atoms with Gasteiger partial charge in [-0.1, -0.05) is 53.7 Å². The van der Waals surface area contributed by atoms with Crippen molar-refractivity contribution in [2.75, 3.05) is 27.3 Å². The number of carbonyl (C=O) groups excluding carboxylic acids is 1. The fraction of sp³-hybridized carbons (Fsp3) is 0.324. The van der Waals surface area contributed by atoms with Crippen molar-refractivity contribution >= 4 is 16.8 Å². The Bertz CT molecular complexity index is 1690. The molecule has 3 aromatic carbocycles. The second-order valence-corrected chi connectivity index (χ2v) is 11.1. The Kier molecular flexibility index (Phi) is 8.42. The van der Waals surface area contributed by atoms with E-state index in [1.807, 2.05) is 30.3 Å². The Morgan fingerprint density at radius 1 is 1.00 bits per heavy atom. The van der Waals surface area contributed by atoms with Gasteiger partial charge in [-0.15, -0.1) is 5.10 Å². The topological polar surface area (TPSA) is 111 Å². The molecule has 0 bridgehead atoms. The molecule has 0 saturated carbocycles. The van der Waals surface area contributed by atoms with Crippen LogP contribution in [0, 0.1) is 5.92 Å². The molecular weight excluding hydrogens is 540 g/mol. The van der Waals surface area contributed by atoms with Crippen molar-refractivity contribution < 1.29 is 14.3 Å². The van der Waals surface area contributed by atoms with Gasteiger partial charge in [0, 0.05) is 54.2 Å². The molecule has 1 fully saturated rings. The zero-order chi connectivity index (χ0) is 29.8. The van der Waals surface area contributed by atoms with Crippen LogP contribution in [0.1, 0.15) is 35.8 Å². The highest BCUT2D eigenvalue weighted by Crippen LogP contribution is 2.38. The fourth-order valence-electron chi connectivity index (χ4n) is 6.23. The number of aromatic amines is 1. The van der Waals surface area contributed by atoms with E-state index >= 15 is 0 Å². The Hall–Kier alpha value is -4.63. The van der Waals surface area contributed by atoms with Crippen LogP contribution in [-0.2, 0) is 24.1 Å². The number of aryl methyl sites for hydroxylation is 2. The maximum Gasteiger partial charge on any atom is 0.220 e. The monoisotopic (exact) mass is 578 g/mol. The zero-order valence-electron chi connectivity index (χ0n) is 24.7. The molecule has 1 aliphatic rings. The molecule has 1 saturated heterocycles. The van der Waals surface area contributed by atoms with Crippen molar-refractivity contribution in [3.63, 3.8) is 0 Å². The van der Waals surface area contributed by atoms with Gasteiger partial charge in [0.1, 0.15) is 17.7 Å². The molecule has 1 atom stereocenters. The van der Waals surface area contributed by atoms with Gasteiger partial charge in [0.05, 0.1) is 25.6 Å². The number of nitrogens with zero attached hydrogens (tertiary/aromatic N) is 4. The van der Waals surface area contributed by atoms with Crippen LogP contribution in [0.5, 0.6) is 11.5 Å². The first kappa shape index (κ1) is 28.5. The lowest BCUT2D eigenvalue weighted by Gasteiger charge is -2.37. The number of piperidine rings is 1. The molecule has 222 valence electrons. The summed E-state index contributed by atoms with van der Waals surface area (Å²) in [5.41, 5.74) is 12.0. The fourth-order valence-corrected chi connectivity index (χ4v) is 6.23. The quantitative estimate of drug-likeness (QED) is 0.224. The van der Waals surface area contributed by atoms with Crippen LogP contribution in [0.25, 0.3) is 22.2 Å². The molecule has 2 aromatic heterocycles. The Balaban J connectivity index is 1.45. The van der Waals surface area contributed by atoms with Crippen molar-refractivity contribution in [2.24, 2.45) is 11.7 Å². The minimum atomic E-state index is -0.222. The van der Waals surface area contributed by atoms with E-state index in [2.05, 4.69) is 63.2 Å². The molecular formula is C34H38N6O3. The van der Waals surface area contributed by atoms with E-state index in [1.165, 1.54) is 16.5 Å². The van der Waals surface area contributed by atoms with Crippen molar-refractivity contribution in [1.82, 2.24) is 24.9 Å². The summed E-state index contributed by atoms with van der Waals surface area (Å²) < 4.78 is 13.5. The molecule has 0 spiro atoms. The number of methoxy groups -OCH3 is 2. The first-order valence-electron chi connectivity index (χ1n) is 14.8. The number of aromatic nitrogens is 4. The maximum atomic E-state index is 12.0. The van der Waals surface area contributed by atoms with Gasteiger partial charge in [-0.3, -0.25) is 9.69 Å². The number of nitrogens with one attached hydrogen (secondary N) is 1. The lowest BCUT2D eigenvalue weighted by molar-refractivity contribution is -0.123. The van der Waals surface area contributed by atoms with Gasteiger partial charge in [0.15, 0.2) is 0 Å². The first-order chi connectivity index (χ1) is 21.1. The standard InChI is InChI=1S/C34H38N6O3/c1-42-26-13-14-28(31(21-26)43-2)33-30(15-12-23-8-4-3-5-9-23)37-38-40(33)32(39-18-16-24(17-19-39)34(35)41)20-25-22-36-29-11-7-6-10-27(25)29/h3-11,13-14,21-22,24,32,36H,12,15-20H2,1-2H3,(H2,35,41). The van der Waals surface area contributed by atoms with Crippen LogP contribution in [0.15, 0.2) is 79.0 Å². The summed E-state index contributed by atoms with van der Waals surface area (Å²) in [6.45, 7) is 1.47. The second kappa shape index (κ2) is 12.7. The molecule has 5 aromatic rings. The van der Waals surface area contributed by atoms with Crippen molar-refractivity contribution in [1.29, 1.82) is 0 Å². The van der Waals surface area contributed by atoms with Crippen LogP contribution in [0.2, 0.25) is 0 Å². The molecule has 9 nitrogen and oxygen atoms in total. The largest absolute Gasteiger partial charge is 0.497 e. The van der Waals surface area contributed by atoms with Crippen LogP contribution in [0.4, 0.5) is 0 Å². The molecule has 3 heterocycles. The van der Waals surface area contributed by atoms with E-state index in [9.17, 15) is 4.79 Å². The van der Waals surface area contributed by atoms with Gasteiger partial charge in [-0.25, -0.2) is 4.68 Å². The van der Waals surface area contributed by atoms with Crippen LogP contribution >= 0.6 is 0 Å². The van der Waals surface area contributed by atoms with Crippen molar-refractivity contribution in [2.45, 2.75) is 38.3 Å². The molecule has 6 rings (SSSR count). The average Bonchev–Trinajstić information content (AvgIpc) is 3.66. The van der Waals surface area contributed by atoms with Crippen LogP contribution in [0.3, 0.4) is 0 Å². The van der Waals surface area contributed by atoms with E-state index in [0.29, 0.717) is 17.9 Å². The zero-order valence-corrected chi connectivity index (χ0v) is 24.7. The highest BCUT2D eigenvalue weighted by Gasteiger charge is 2.32. The smallest absolute Gasteiger partial charge is 0.220 e. The molecule has 3 N–H and O–H groups in total. The number of para-hydroxylation sites is 1. The Morgan fingerprint density at radius 3 is 2.51 bits per heavy atom. The molecule has 9 heteroatoms. The molecule has 43 heavy (non-hydrogen) atoms. The number of likely N-dealkylation sites (tertiary alicyclic amines) is 1. The molecule has 1 aliphatic heterocycles. The summed E-state index contributed by atoms with van der Waals surface area (Å²) in [4.78, 5) is 17.9. The van der Waals surface area contributed by atoms with Crippen molar-refractivity contribution in [3.8, 4) is 22.8 Å². The third-order valence-electron chi connectivity index (χ3n) is 8.63. The molecule has 0 radical (unpaired) electrons. The number of nitrogens with two attached hydrogens (primary N) is 1. The second-order valence-electron chi connectivity index (χ2n) is 11.1. The van der Waals surface area contributed by atoms with Crippen LogP contribution < -0.4 is 15.2 Å². The summed E-state index contributed by atoms with van der Waals surface area (Å²) in [6, 6.07) is 24.7. The third-order valence-corrected chi connectivity index (χ3v) is 8.63. The maximum absolute atomic E-state index is 12.0. The van der Waals surface area contributed by atoms with Gasteiger partial charge in [0.25, 0.3) is 0 Å². The molecule has 1 unspecified atom stereocenters. The Morgan fingerprint density at radius 2 is 1.77 bits per heavy atom. The number of H-pyrrole nitrogens is 1. The summed E-state index contributed by atoms with van der Waals surface area (Å²) in [7, 11) is 3.33. The van der Waals surface area contributed by atoms with E-state index in [0.717, 1.165) is 61.2 Å². The lowest BCUT2D eigenvalue weighted by atomic mass is 9.95. The number of primary amides is 1. The van der Waals surface area contributed by atoms with E-state index in [4.69, 9.17) is 25.5 Å². The molecule has 1 amide bonds. The van der Waals surface area contributed by atoms with Gasteiger partial charge in [-0.05, 0) is 55.0 Å². The van der Waals surface area contributed by atoms with E-state index in [1.54, 1.807) is 14.2 Å². The number of benzene rings is 3. The van der Waals surface area contributed by atoms with Gasteiger partial charge < -0.3 is 20.2 Å². The lowest BCUT2D eigenvalue weighted by Crippen LogP contribution is -2.43. The first-order valence-corrected chi connectivity index (χ1v) is 14.8. The summed E-state index contributed by atoms with van der Waals surface area (Å²) in [5.74, 6) is 1.08. The summed E-state index contributed by atoms with van der Waals surface area (Å²) in [5, 5.41) is 10.8. The predicted molar refractivity (Wildman–Crippen MR) is 167 cm³/mol. The number of ether oxygens (including phenoxy) is 2. The number of hydrogen-bond acceptors (Lipinski definition) is 6. The number of rotatable bonds is 11. The molecule has 0 aliphatic carbocycles. The summed E-state index contributed by atoms with van der Waals surface area (Å²) in [6.07, 6.45) is 5.65.